The fourth-order valence-electron chi connectivity index (χ4n) is 1.33. The van der Waals surface area contributed by atoms with Gasteiger partial charge in [-0.25, -0.2) is 13.4 Å². The predicted molar refractivity (Wildman–Crippen MR) is 75.7 cm³/mol. The van der Waals surface area contributed by atoms with E-state index in [1.54, 1.807) is 0 Å². The highest BCUT2D eigenvalue weighted by atomic mass is 79.9. The molecular weight excluding hydrogens is 354 g/mol. The van der Waals surface area contributed by atoms with Gasteiger partial charge in [0.25, 0.3) is 9.05 Å². The van der Waals surface area contributed by atoms with E-state index in [4.69, 9.17) is 15.4 Å². The molecule has 19 heavy (non-hydrogen) atoms. The number of ether oxygens (including phenoxy) is 1. The molecule has 0 spiro atoms. The van der Waals surface area contributed by atoms with E-state index in [0.29, 0.717) is 12.5 Å². The van der Waals surface area contributed by atoms with Gasteiger partial charge in [0.05, 0.1) is 6.20 Å². The number of nitrogens with zero attached hydrogens (tertiary/aromatic N) is 1. The summed E-state index contributed by atoms with van der Waals surface area (Å²) in [6.07, 6.45) is 1.17. The lowest BCUT2D eigenvalue weighted by molar-refractivity contribution is 0.293. The summed E-state index contributed by atoms with van der Waals surface area (Å²) in [6.45, 7) is 0.354. The first-order valence-electron chi connectivity index (χ1n) is 5.23. The first kappa shape index (κ1) is 14.3. The molecule has 2 rings (SSSR count). The van der Waals surface area contributed by atoms with Crippen molar-refractivity contribution in [2.45, 2.75) is 11.5 Å². The maximum atomic E-state index is 11.0. The van der Waals surface area contributed by atoms with Crippen LogP contribution in [0.3, 0.4) is 0 Å². The highest BCUT2D eigenvalue weighted by Gasteiger charge is 2.10. The van der Waals surface area contributed by atoms with E-state index < -0.39 is 9.05 Å². The second-order valence-electron chi connectivity index (χ2n) is 3.69. The van der Waals surface area contributed by atoms with Crippen LogP contribution in [0, 0.1) is 0 Å². The Morgan fingerprint density at radius 3 is 2.37 bits per heavy atom. The number of rotatable bonds is 4. The van der Waals surface area contributed by atoms with Crippen LogP contribution in [0.1, 0.15) is 5.56 Å². The first-order chi connectivity index (χ1) is 8.95. The van der Waals surface area contributed by atoms with Gasteiger partial charge < -0.3 is 4.74 Å². The smallest absolute Gasteiger partial charge is 0.262 e. The molecule has 0 aliphatic carbocycles. The molecule has 1 aromatic carbocycles. The normalized spacial score (nSPS) is 11.3. The number of hydrogen-bond acceptors (Lipinski definition) is 4. The fourth-order valence-corrected chi connectivity index (χ4v) is 2.28. The molecule has 0 radical (unpaired) electrons. The minimum atomic E-state index is -3.74. The van der Waals surface area contributed by atoms with Gasteiger partial charge in [-0.2, -0.15) is 0 Å². The first-order valence-corrected chi connectivity index (χ1v) is 8.33. The molecule has 4 nitrogen and oxygen atoms in total. The minimum absolute atomic E-state index is 0.0508. The molecule has 0 fully saturated rings. The van der Waals surface area contributed by atoms with Crippen LogP contribution in [-0.2, 0) is 15.7 Å². The van der Waals surface area contributed by atoms with Gasteiger partial charge in [0.1, 0.15) is 11.5 Å². The predicted octanol–water partition coefficient (Wildman–Crippen LogP) is 3.35. The second-order valence-corrected chi connectivity index (χ2v) is 7.17. The SMILES string of the molecule is O=S(=O)(Cl)c1ccc(OCc2ccc(Br)cc2)nc1. The van der Waals surface area contributed by atoms with E-state index >= 15 is 0 Å². The Morgan fingerprint density at radius 1 is 1.16 bits per heavy atom. The Labute approximate surface area is 123 Å². The Kier molecular flexibility index (Phi) is 4.44. The molecule has 7 heteroatoms. The van der Waals surface area contributed by atoms with Crippen molar-refractivity contribution in [2.24, 2.45) is 0 Å². The van der Waals surface area contributed by atoms with Crippen LogP contribution in [0.25, 0.3) is 0 Å². The molecule has 0 amide bonds. The lowest BCUT2D eigenvalue weighted by Gasteiger charge is -2.05. The van der Waals surface area contributed by atoms with Gasteiger partial charge in [-0.3, -0.25) is 0 Å². The molecule has 2 aromatic rings. The summed E-state index contributed by atoms with van der Waals surface area (Å²) in [5, 5.41) is 0. The van der Waals surface area contributed by atoms with Gasteiger partial charge in [0.2, 0.25) is 5.88 Å². The lowest BCUT2D eigenvalue weighted by Crippen LogP contribution is -1.98. The quantitative estimate of drug-likeness (QED) is 0.783. The van der Waals surface area contributed by atoms with Gasteiger partial charge in [-0.15, -0.1) is 0 Å². The molecule has 0 unspecified atom stereocenters. The highest BCUT2D eigenvalue weighted by molar-refractivity contribution is 9.10. The Hall–Kier alpha value is -1.11. The summed E-state index contributed by atoms with van der Waals surface area (Å²) in [5.41, 5.74) is 0.985. The van der Waals surface area contributed by atoms with Crippen molar-refractivity contribution in [3.05, 3.63) is 52.6 Å². The summed E-state index contributed by atoms with van der Waals surface area (Å²) >= 11 is 3.35. The minimum Gasteiger partial charge on any atom is -0.473 e. The van der Waals surface area contributed by atoms with Crippen molar-refractivity contribution < 1.29 is 13.2 Å². The topological polar surface area (TPSA) is 56.3 Å². The zero-order valence-electron chi connectivity index (χ0n) is 9.58. The average molecular weight is 363 g/mol. The van der Waals surface area contributed by atoms with E-state index in [1.807, 2.05) is 24.3 Å². The van der Waals surface area contributed by atoms with E-state index in [1.165, 1.54) is 18.3 Å². The molecular formula is C12H9BrClNO3S. The summed E-state index contributed by atoms with van der Waals surface area (Å²) in [6, 6.07) is 10.5. The van der Waals surface area contributed by atoms with E-state index in [0.717, 1.165) is 10.0 Å². The van der Waals surface area contributed by atoms with E-state index in [9.17, 15) is 8.42 Å². The standard InChI is InChI=1S/C12H9BrClNO3S/c13-10-3-1-9(2-4-10)8-18-12-6-5-11(7-15-12)19(14,16)17/h1-7H,8H2. The second kappa shape index (κ2) is 5.90. The molecule has 1 heterocycles. The van der Waals surface area contributed by atoms with Gasteiger partial charge in [-0.05, 0) is 23.8 Å². The molecule has 0 N–H and O–H groups in total. The molecule has 0 aliphatic heterocycles. The monoisotopic (exact) mass is 361 g/mol. The van der Waals surface area contributed by atoms with Crippen molar-refractivity contribution >= 4 is 35.7 Å². The largest absolute Gasteiger partial charge is 0.473 e. The van der Waals surface area contributed by atoms with Gasteiger partial charge in [0.15, 0.2) is 0 Å². The summed E-state index contributed by atoms with van der Waals surface area (Å²) < 4.78 is 28.5. The van der Waals surface area contributed by atoms with Gasteiger partial charge in [0, 0.05) is 21.2 Å². The van der Waals surface area contributed by atoms with Crippen LogP contribution >= 0.6 is 26.6 Å². The molecule has 100 valence electrons. The van der Waals surface area contributed by atoms with Crippen LogP contribution < -0.4 is 4.74 Å². The number of halogens is 2. The Morgan fingerprint density at radius 2 is 1.84 bits per heavy atom. The van der Waals surface area contributed by atoms with Crippen LogP contribution in [0.15, 0.2) is 52.0 Å². The highest BCUT2D eigenvalue weighted by Crippen LogP contribution is 2.17. The lowest BCUT2D eigenvalue weighted by atomic mass is 10.2. The van der Waals surface area contributed by atoms with Crippen molar-refractivity contribution in [1.29, 1.82) is 0 Å². The summed E-state index contributed by atoms with van der Waals surface area (Å²) in [5.74, 6) is 0.340. The van der Waals surface area contributed by atoms with Crippen molar-refractivity contribution in [2.75, 3.05) is 0 Å². The summed E-state index contributed by atoms with van der Waals surface area (Å²) in [4.78, 5) is 3.83. The van der Waals surface area contributed by atoms with Crippen molar-refractivity contribution in [1.82, 2.24) is 4.98 Å². The summed E-state index contributed by atoms with van der Waals surface area (Å²) in [7, 11) is 1.44. The molecule has 0 bridgehead atoms. The zero-order valence-corrected chi connectivity index (χ0v) is 12.7. The zero-order chi connectivity index (χ0) is 13.9. The Balaban J connectivity index is 2.02. The van der Waals surface area contributed by atoms with Crippen LogP contribution in [0.5, 0.6) is 5.88 Å². The van der Waals surface area contributed by atoms with E-state index in [-0.39, 0.29) is 4.90 Å². The number of hydrogen-bond donors (Lipinski definition) is 0. The molecule has 0 saturated heterocycles. The Bertz CT molecular complexity index is 656. The molecule has 0 saturated carbocycles. The van der Waals surface area contributed by atoms with Crippen LogP contribution in [0.2, 0.25) is 0 Å². The molecule has 0 atom stereocenters. The fraction of sp³-hybridized carbons (Fsp3) is 0.0833. The molecule has 1 aromatic heterocycles. The van der Waals surface area contributed by atoms with Crippen LogP contribution in [0.4, 0.5) is 0 Å². The van der Waals surface area contributed by atoms with E-state index in [2.05, 4.69) is 20.9 Å². The van der Waals surface area contributed by atoms with Crippen LogP contribution in [-0.4, -0.2) is 13.4 Å². The third-order valence-corrected chi connectivity index (χ3v) is 4.16. The number of pyridine rings is 1. The molecule has 0 aliphatic rings. The maximum absolute atomic E-state index is 11.0. The van der Waals surface area contributed by atoms with Gasteiger partial charge in [-0.1, -0.05) is 28.1 Å². The van der Waals surface area contributed by atoms with Crippen molar-refractivity contribution in [3.8, 4) is 5.88 Å². The number of benzene rings is 1. The van der Waals surface area contributed by atoms with Gasteiger partial charge >= 0.3 is 0 Å². The van der Waals surface area contributed by atoms with Crippen molar-refractivity contribution in [3.63, 3.8) is 0 Å². The third kappa shape index (κ3) is 4.19. The average Bonchev–Trinajstić information content (AvgIpc) is 2.37. The third-order valence-electron chi connectivity index (χ3n) is 2.29. The maximum Gasteiger partial charge on any atom is 0.262 e. The number of aromatic nitrogens is 1.